The summed E-state index contributed by atoms with van der Waals surface area (Å²) in [6.45, 7) is 9.95. The highest BCUT2D eigenvalue weighted by molar-refractivity contribution is 6.31. The molecule has 3 aromatic rings. The van der Waals surface area contributed by atoms with Crippen molar-refractivity contribution in [1.29, 1.82) is 0 Å². The van der Waals surface area contributed by atoms with Gasteiger partial charge in [0.1, 0.15) is 5.52 Å². The highest BCUT2D eigenvalue weighted by Crippen LogP contribution is 2.26. The van der Waals surface area contributed by atoms with Crippen LogP contribution in [0.5, 0.6) is 0 Å². The summed E-state index contributed by atoms with van der Waals surface area (Å²) in [5.74, 6) is 0. The molecule has 2 aromatic carbocycles. The van der Waals surface area contributed by atoms with Gasteiger partial charge in [-0.3, -0.25) is 0 Å². The average molecular weight is 387 g/mol. The van der Waals surface area contributed by atoms with Gasteiger partial charge in [-0.2, -0.15) is 4.57 Å². The number of nitrogens with two attached hydrogens (primary N) is 2. The fraction of sp³-hybridized carbons (Fsp3) is 0.429. The molecule has 0 aliphatic heterocycles. The van der Waals surface area contributed by atoms with Crippen LogP contribution in [0.3, 0.4) is 0 Å². The normalized spacial score (nSPS) is 12.9. The highest BCUT2D eigenvalue weighted by Gasteiger charge is 2.24. The molecule has 0 spiro atoms. The van der Waals surface area contributed by atoms with E-state index in [0.29, 0.717) is 16.4 Å². The van der Waals surface area contributed by atoms with Crippen molar-refractivity contribution in [2.24, 2.45) is 0 Å². The molecular weight excluding hydrogens is 358 g/mol. The SMILES string of the molecule is CCN(CC)CCCC(C)[n+]1c2ccc(Cl)cc2nc2c(N)cc(N)cc21. The van der Waals surface area contributed by atoms with E-state index in [0.717, 1.165) is 54.5 Å². The first kappa shape index (κ1) is 19.6. The molecule has 0 saturated heterocycles. The van der Waals surface area contributed by atoms with Gasteiger partial charge < -0.3 is 16.4 Å². The van der Waals surface area contributed by atoms with E-state index in [2.05, 4.69) is 30.2 Å². The Balaban J connectivity index is 2.07. The van der Waals surface area contributed by atoms with E-state index in [9.17, 15) is 0 Å². The smallest absolute Gasteiger partial charge is 0.236 e. The van der Waals surface area contributed by atoms with Crippen LogP contribution < -0.4 is 16.0 Å². The summed E-state index contributed by atoms with van der Waals surface area (Å²) < 4.78 is 2.31. The molecule has 0 bridgehead atoms. The minimum atomic E-state index is 0.288. The third-order valence-corrected chi connectivity index (χ3v) is 5.50. The number of aromatic nitrogens is 2. The number of benzene rings is 2. The maximum atomic E-state index is 6.24. The van der Waals surface area contributed by atoms with E-state index < -0.39 is 0 Å². The number of anilines is 2. The summed E-state index contributed by atoms with van der Waals surface area (Å²) in [7, 11) is 0. The Kier molecular flexibility index (Phi) is 6.02. The first-order valence-electron chi connectivity index (χ1n) is 9.66. The van der Waals surface area contributed by atoms with Crippen LogP contribution in [0.2, 0.25) is 5.02 Å². The van der Waals surface area contributed by atoms with Crippen LogP contribution in [-0.4, -0.2) is 29.5 Å². The Morgan fingerprint density at radius 3 is 2.56 bits per heavy atom. The molecule has 0 radical (unpaired) electrons. The molecule has 1 aromatic heterocycles. The Hall–Kier alpha value is -2.11. The van der Waals surface area contributed by atoms with Gasteiger partial charge >= 0.3 is 0 Å². The van der Waals surface area contributed by atoms with E-state index in [1.54, 1.807) is 6.07 Å². The highest BCUT2D eigenvalue weighted by atomic mass is 35.5. The van der Waals surface area contributed by atoms with Gasteiger partial charge in [0.05, 0.1) is 5.69 Å². The van der Waals surface area contributed by atoms with Crippen molar-refractivity contribution < 1.29 is 4.57 Å². The van der Waals surface area contributed by atoms with Crippen LogP contribution in [0, 0.1) is 0 Å². The monoisotopic (exact) mass is 386 g/mol. The first-order chi connectivity index (χ1) is 12.9. The maximum absolute atomic E-state index is 6.24. The van der Waals surface area contributed by atoms with Crippen LogP contribution in [0.25, 0.3) is 22.1 Å². The van der Waals surface area contributed by atoms with Crippen molar-refractivity contribution in [3.63, 3.8) is 0 Å². The number of hydrogen-bond donors (Lipinski definition) is 2. The summed E-state index contributed by atoms with van der Waals surface area (Å²) in [6.07, 6.45) is 2.19. The largest absolute Gasteiger partial charge is 0.398 e. The number of hydrogen-bond acceptors (Lipinski definition) is 4. The van der Waals surface area contributed by atoms with Crippen molar-refractivity contribution in [2.45, 2.75) is 39.7 Å². The molecule has 144 valence electrons. The molecule has 0 fully saturated rings. The minimum Gasteiger partial charge on any atom is -0.398 e. The zero-order chi connectivity index (χ0) is 19.6. The van der Waals surface area contributed by atoms with Crippen LogP contribution in [0.15, 0.2) is 30.3 Å². The Bertz CT molecular complexity index is 952. The molecule has 0 aliphatic rings. The summed E-state index contributed by atoms with van der Waals surface area (Å²) in [5, 5.41) is 0.670. The number of nitrogen functional groups attached to an aromatic ring is 2. The zero-order valence-corrected chi connectivity index (χ0v) is 17.1. The molecule has 0 aliphatic carbocycles. The van der Waals surface area contributed by atoms with Gasteiger partial charge in [-0.05, 0) is 51.2 Å². The fourth-order valence-corrected chi connectivity index (χ4v) is 3.93. The van der Waals surface area contributed by atoms with Crippen molar-refractivity contribution in [2.75, 3.05) is 31.1 Å². The summed E-state index contributed by atoms with van der Waals surface area (Å²) in [6, 6.07) is 9.85. The van der Waals surface area contributed by atoms with Crippen LogP contribution in [-0.2, 0) is 0 Å². The molecule has 0 saturated carbocycles. The Morgan fingerprint density at radius 1 is 1.11 bits per heavy atom. The molecule has 5 nitrogen and oxygen atoms in total. The van der Waals surface area contributed by atoms with Gasteiger partial charge in [-0.15, -0.1) is 0 Å². The van der Waals surface area contributed by atoms with Crippen molar-refractivity contribution in [1.82, 2.24) is 9.88 Å². The molecule has 4 N–H and O–H groups in total. The summed E-state index contributed by atoms with van der Waals surface area (Å²) >= 11 is 6.21. The predicted molar refractivity (Wildman–Crippen MR) is 115 cm³/mol. The molecule has 27 heavy (non-hydrogen) atoms. The van der Waals surface area contributed by atoms with Gasteiger partial charge in [-0.25, -0.2) is 4.98 Å². The summed E-state index contributed by atoms with van der Waals surface area (Å²) in [4.78, 5) is 7.22. The zero-order valence-electron chi connectivity index (χ0n) is 16.4. The lowest BCUT2D eigenvalue weighted by atomic mass is 10.1. The second-order valence-corrected chi connectivity index (χ2v) is 7.55. The van der Waals surface area contributed by atoms with E-state index in [-0.39, 0.29) is 6.04 Å². The lowest BCUT2D eigenvalue weighted by Crippen LogP contribution is -2.40. The molecular formula is C21H29ClN5+. The molecule has 0 amide bonds. The molecule has 6 heteroatoms. The lowest BCUT2D eigenvalue weighted by Gasteiger charge is -2.19. The van der Waals surface area contributed by atoms with Crippen LogP contribution in [0.4, 0.5) is 11.4 Å². The molecule has 1 atom stereocenters. The van der Waals surface area contributed by atoms with Gasteiger partial charge in [0.25, 0.3) is 0 Å². The van der Waals surface area contributed by atoms with Gasteiger partial charge in [0.15, 0.2) is 11.6 Å². The maximum Gasteiger partial charge on any atom is 0.236 e. The third-order valence-electron chi connectivity index (χ3n) is 5.26. The van der Waals surface area contributed by atoms with Crippen molar-refractivity contribution in [3.05, 3.63) is 35.4 Å². The molecule has 1 unspecified atom stereocenters. The number of halogens is 1. The predicted octanol–water partition coefficient (Wildman–Crippen LogP) is 4.18. The van der Waals surface area contributed by atoms with E-state index in [4.69, 9.17) is 28.1 Å². The standard InChI is InChI=1S/C21H28ClN5/c1-4-26(5-2)10-6-7-14(3)27-19-9-8-15(22)11-18(19)25-21-17(24)12-16(23)13-20(21)27/h8-9,11-14H,4-7,10H2,1-3H3,(H3,23,24)/p+1. The number of nitrogens with zero attached hydrogens (tertiary/aromatic N) is 3. The van der Waals surface area contributed by atoms with E-state index in [1.807, 2.05) is 24.3 Å². The van der Waals surface area contributed by atoms with Crippen LogP contribution in [0.1, 0.15) is 39.7 Å². The lowest BCUT2D eigenvalue weighted by molar-refractivity contribution is -0.671. The van der Waals surface area contributed by atoms with Gasteiger partial charge in [0.2, 0.25) is 11.0 Å². The Morgan fingerprint density at radius 2 is 1.85 bits per heavy atom. The second kappa shape index (κ2) is 8.28. The average Bonchev–Trinajstić information content (AvgIpc) is 2.63. The quantitative estimate of drug-likeness (QED) is 0.363. The summed E-state index contributed by atoms with van der Waals surface area (Å²) in [5.41, 5.74) is 17.2. The number of rotatable bonds is 7. The first-order valence-corrected chi connectivity index (χ1v) is 10.0. The number of fused-ring (bicyclic) bond motifs is 2. The van der Waals surface area contributed by atoms with Gasteiger partial charge in [-0.1, -0.05) is 25.4 Å². The third kappa shape index (κ3) is 4.09. The molecule has 3 rings (SSSR count). The molecule has 1 heterocycles. The Labute approximate surface area is 165 Å². The van der Waals surface area contributed by atoms with Gasteiger partial charge in [0, 0.05) is 29.3 Å². The minimum absolute atomic E-state index is 0.288. The van der Waals surface area contributed by atoms with Crippen molar-refractivity contribution in [3.8, 4) is 0 Å². The van der Waals surface area contributed by atoms with E-state index >= 15 is 0 Å². The van der Waals surface area contributed by atoms with Crippen molar-refractivity contribution >= 4 is 45.0 Å². The van der Waals surface area contributed by atoms with E-state index in [1.165, 1.54) is 0 Å². The topological polar surface area (TPSA) is 72.0 Å². The fourth-order valence-electron chi connectivity index (χ4n) is 3.76. The second-order valence-electron chi connectivity index (χ2n) is 7.11. The van der Waals surface area contributed by atoms with Crippen LogP contribution >= 0.6 is 11.6 Å².